The fourth-order valence-electron chi connectivity index (χ4n) is 2.59. The van der Waals surface area contributed by atoms with E-state index in [4.69, 9.17) is 22.3 Å². The summed E-state index contributed by atoms with van der Waals surface area (Å²) in [5.74, 6) is -1.05. The molecule has 1 aliphatic rings. The summed E-state index contributed by atoms with van der Waals surface area (Å²) in [7, 11) is 0. The molecule has 26 heavy (non-hydrogen) atoms. The zero-order valence-corrected chi connectivity index (χ0v) is 15.0. The smallest absolute Gasteiger partial charge is 0.321 e. The molecule has 0 unspecified atom stereocenters. The molecule has 2 aromatic rings. The van der Waals surface area contributed by atoms with Gasteiger partial charge in [-0.1, -0.05) is 61.7 Å². The summed E-state index contributed by atoms with van der Waals surface area (Å²) in [6.45, 7) is -0.00463. The van der Waals surface area contributed by atoms with Crippen LogP contribution in [0.1, 0.15) is 42.5 Å². The van der Waals surface area contributed by atoms with Crippen LogP contribution in [0, 0.1) is 0 Å². The average Bonchev–Trinajstić information content (AvgIpc) is 2.68. The van der Waals surface area contributed by atoms with E-state index in [0.717, 1.165) is 22.6 Å². The normalized spacial score (nSPS) is 15.0. The van der Waals surface area contributed by atoms with Crippen LogP contribution in [-0.4, -0.2) is 36.0 Å². The van der Waals surface area contributed by atoms with Crippen molar-refractivity contribution in [2.75, 3.05) is 6.54 Å². The van der Waals surface area contributed by atoms with E-state index in [9.17, 15) is 9.59 Å². The highest BCUT2D eigenvalue weighted by Gasteiger charge is 2.06. The van der Waals surface area contributed by atoms with Gasteiger partial charge in [0, 0.05) is 18.2 Å². The molecule has 3 rings (SSSR count). The van der Waals surface area contributed by atoms with Crippen molar-refractivity contribution in [1.29, 1.82) is 0 Å². The predicted octanol–water partition coefficient (Wildman–Crippen LogP) is 2.29. The maximum Gasteiger partial charge on any atom is 0.321 e. The fourth-order valence-corrected chi connectivity index (χ4v) is 2.59. The number of fused-ring (bicyclic) bond motifs is 1. The lowest BCUT2D eigenvalue weighted by atomic mass is 9.97. The Morgan fingerprint density at radius 1 is 1.12 bits per heavy atom. The fraction of sp³-hybridized carbons (Fsp3) is 0.400. The van der Waals surface area contributed by atoms with Gasteiger partial charge < -0.3 is 22.3 Å². The van der Waals surface area contributed by atoms with Gasteiger partial charge in [-0.25, -0.2) is 0 Å². The number of carbonyl (C=O) groups excluding carboxylic acids is 1. The summed E-state index contributed by atoms with van der Waals surface area (Å²) in [6, 6.07) is 13.2. The summed E-state index contributed by atoms with van der Waals surface area (Å²) < 4.78 is 0. The van der Waals surface area contributed by atoms with E-state index in [1.807, 2.05) is 42.5 Å². The van der Waals surface area contributed by atoms with Crippen LogP contribution in [0.2, 0.25) is 0 Å². The Bertz CT molecular complexity index is 680. The van der Waals surface area contributed by atoms with Crippen LogP contribution in [-0.2, 0) is 4.79 Å². The van der Waals surface area contributed by atoms with Crippen molar-refractivity contribution >= 4 is 23.0 Å². The molecule has 1 atom stereocenters. The van der Waals surface area contributed by atoms with Gasteiger partial charge in [-0.2, -0.15) is 0 Å². The molecule has 1 aliphatic carbocycles. The molecule has 0 aliphatic heterocycles. The first-order valence-corrected chi connectivity index (χ1v) is 8.86. The molecule has 142 valence electrons. The third kappa shape index (κ3) is 7.74. The summed E-state index contributed by atoms with van der Waals surface area (Å²) in [5, 5.41) is 10.1. The third-order valence-corrected chi connectivity index (χ3v) is 4.17. The molecule has 1 saturated carbocycles. The summed E-state index contributed by atoms with van der Waals surface area (Å²) >= 11 is 0. The minimum atomic E-state index is -1.05. The van der Waals surface area contributed by atoms with Crippen molar-refractivity contribution in [2.24, 2.45) is 17.2 Å². The van der Waals surface area contributed by atoms with E-state index >= 15 is 0 Å². The van der Waals surface area contributed by atoms with Crippen molar-refractivity contribution in [1.82, 2.24) is 0 Å². The Morgan fingerprint density at radius 2 is 1.73 bits per heavy atom. The summed E-state index contributed by atoms with van der Waals surface area (Å²) in [5.41, 5.74) is 16.2. The summed E-state index contributed by atoms with van der Waals surface area (Å²) in [6.07, 6.45) is 7.55. The second kappa shape index (κ2) is 12.1. The maximum atomic E-state index is 10.6. The van der Waals surface area contributed by atoms with Crippen LogP contribution in [0.3, 0.4) is 0 Å². The Balaban J connectivity index is 0.000000210. The highest BCUT2D eigenvalue weighted by molar-refractivity contribution is 5.97. The minimum absolute atomic E-state index is 0.00463. The Kier molecular flexibility index (Phi) is 10.2. The maximum absolute atomic E-state index is 10.6. The van der Waals surface area contributed by atoms with Gasteiger partial charge in [-0.3, -0.25) is 9.59 Å². The Morgan fingerprint density at radius 3 is 2.19 bits per heavy atom. The van der Waals surface area contributed by atoms with Crippen molar-refractivity contribution in [3.05, 3.63) is 48.0 Å². The molecule has 0 amide bonds. The van der Waals surface area contributed by atoms with Gasteiger partial charge in [0.25, 0.3) is 0 Å². The van der Waals surface area contributed by atoms with E-state index in [1.165, 1.54) is 32.1 Å². The largest absolute Gasteiger partial charge is 0.480 e. The predicted molar refractivity (Wildman–Crippen MR) is 105 cm³/mol. The molecule has 0 spiro atoms. The standard InChI is InChI=1S/C11H8O.C6H13N.C3H8N2O2/c12-8-10-6-3-5-9-4-1-2-7-11(9)10;7-6-4-2-1-3-5-6;4-1-2(5)3(6)7/h1-8H;6H,1-5,7H2;2H,1,4-5H2,(H,6,7)/t;;2-/m..0/s1. The SMILES string of the molecule is NC1CCCCC1.NC[C@H](N)C(=O)O.O=Cc1cccc2ccccc12. The molecular weight excluding hydrogens is 330 g/mol. The van der Waals surface area contributed by atoms with Crippen LogP contribution < -0.4 is 17.2 Å². The first kappa shape index (κ1) is 21.8. The van der Waals surface area contributed by atoms with Crippen molar-refractivity contribution in [2.45, 2.75) is 44.2 Å². The van der Waals surface area contributed by atoms with Gasteiger partial charge >= 0.3 is 5.97 Å². The average molecular weight is 359 g/mol. The number of hydrogen-bond acceptors (Lipinski definition) is 5. The van der Waals surface area contributed by atoms with E-state index in [-0.39, 0.29) is 6.54 Å². The summed E-state index contributed by atoms with van der Waals surface area (Å²) in [4.78, 5) is 20.3. The zero-order chi connectivity index (χ0) is 19.4. The number of aliphatic carboxylic acids is 1. The van der Waals surface area contributed by atoms with E-state index in [0.29, 0.717) is 6.04 Å². The quantitative estimate of drug-likeness (QED) is 0.622. The number of nitrogens with two attached hydrogens (primary N) is 3. The number of carboxylic acid groups (broad SMARTS) is 1. The second-order valence-electron chi connectivity index (χ2n) is 6.26. The van der Waals surface area contributed by atoms with E-state index in [2.05, 4.69) is 0 Å². The van der Waals surface area contributed by atoms with Crippen LogP contribution in [0.15, 0.2) is 42.5 Å². The van der Waals surface area contributed by atoms with Gasteiger partial charge in [-0.15, -0.1) is 0 Å². The van der Waals surface area contributed by atoms with Crippen molar-refractivity contribution in [3.63, 3.8) is 0 Å². The number of hydrogen-bond donors (Lipinski definition) is 4. The lowest BCUT2D eigenvalue weighted by Gasteiger charge is -2.15. The highest BCUT2D eigenvalue weighted by Crippen LogP contribution is 2.16. The molecule has 1 fully saturated rings. The lowest BCUT2D eigenvalue weighted by molar-refractivity contribution is -0.138. The first-order valence-electron chi connectivity index (χ1n) is 8.86. The number of carboxylic acids is 1. The molecule has 0 radical (unpaired) electrons. The number of aldehydes is 1. The molecule has 6 nitrogen and oxygen atoms in total. The molecule has 0 bridgehead atoms. The molecule has 7 N–H and O–H groups in total. The van der Waals surface area contributed by atoms with E-state index < -0.39 is 12.0 Å². The van der Waals surface area contributed by atoms with E-state index in [1.54, 1.807) is 0 Å². The van der Waals surface area contributed by atoms with Crippen LogP contribution >= 0.6 is 0 Å². The van der Waals surface area contributed by atoms with Gasteiger partial charge in [0.15, 0.2) is 6.29 Å². The Hall–Kier alpha value is -2.28. The van der Waals surface area contributed by atoms with Crippen LogP contribution in [0.4, 0.5) is 0 Å². The minimum Gasteiger partial charge on any atom is -0.480 e. The zero-order valence-electron chi connectivity index (χ0n) is 15.0. The number of rotatable bonds is 3. The first-order chi connectivity index (χ1) is 12.5. The van der Waals surface area contributed by atoms with Crippen molar-refractivity contribution < 1.29 is 14.7 Å². The molecule has 0 heterocycles. The molecule has 0 saturated heterocycles. The van der Waals surface area contributed by atoms with Gasteiger partial charge in [-0.05, 0) is 23.6 Å². The highest BCUT2D eigenvalue weighted by atomic mass is 16.4. The van der Waals surface area contributed by atoms with Gasteiger partial charge in [0.1, 0.15) is 6.04 Å². The molecule has 0 aromatic heterocycles. The van der Waals surface area contributed by atoms with Crippen molar-refractivity contribution in [3.8, 4) is 0 Å². The Labute approximate surface area is 154 Å². The lowest BCUT2D eigenvalue weighted by Crippen LogP contribution is -2.37. The molecule has 2 aromatic carbocycles. The monoisotopic (exact) mass is 359 g/mol. The molecular formula is C20H29N3O3. The van der Waals surface area contributed by atoms with Gasteiger partial charge in [0.05, 0.1) is 0 Å². The topological polar surface area (TPSA) is 132 Å². The van der Waals surface area contributed by atoms with Crippen LogP contribution in [0.5, 0.6) is 0 Å². The second-order valence-corrected chi connectivity index (χ2v) is 6.26. The third-order valence-electron chi connectivity index (χ3n) is 4.17. The molecule has 6 heteroatoms. The number of carbonyl (C=O) groups is 2. The van der Waals surface area contributed by atoms with Crippen LogP contribution in [0.25, 0.3) is 10.8 Å². The number of benzene rings is 2. The van der Waals surface area contributed by atoms with Gasteiger partial charge in [0.2, 0.25) is 0 Å².